The number of ether oxygens (including phenoxy) is 1. The zero-order valence-corrected chi connectivity index (χ0v) is 12.8. The van der Waals surface area contributed by atoms with E-state index in [0.29, 0.717) is 18.7 Å². The van der Waals surface area contributed by atoms with Crippen LogP contribution in [0.5, 0.6) is 0 Å². The largest absolute Gasteiger partial charge is 0.445 e. The molecule has 2 bridgehead atoms. The number of amides is 1. The quantitative estimate of drug-likeness (QED) is 0.826. The first-order valence-corrected chi connectivity index (χ1v) is 8.27. The zero-order valence-electron chi connectivity index (χ0n) is 12.8. The van der Waals surface area contributed by atoms with Gasteiger partial charge in [-0.15, -0.1) is 0 Å². The van der Waals surface area contributed by atoms with E-state index < -0.39 is 0 Å². The molecule has 2 aliphatic rings. The van der Waals surface area contributed by atoms with E-state index >= 15 is 0 Å². The number of carbonyl (C=O) groups excluding carboxylic acids is 1. The van der Waals surface area contributed by atoms with Crippen LogP contribution in [0, 0.1) is 5.92 Å². The van der Waals surface area contributed by atoms with Gasteiger partial charge < -0.3 is 9.64 Å². The Morgan fingerprint density at radius 2 is 1.86 bits per heavy atom. The maximum Gasteiger partial charge on any atom is 0.410 e. The van der Waals surface area contributed by atoms with E-state index in [9.17, 15) is 4.79 Å². The summed E-state index contributed by atoms with van der Waals surface area (Å²) in [5.74, 6) is 0.790. The van der Waals surface area contributed by atoms with Crippen LogP contribution in [0.4, 0.5) is 4.79 Å². The average Bonchev–Trinajstić information content (AvgIpc) is 2.52. The minimum atomic E-state index is -0.108. The lowest BCUT2D eigenvalue weighted by atomic mass is 9.78. The van der Waals surface area contributed by atoms with Crippen LogP contribution in [0.1, 0.15) is 51.0 Å². The Balaban J connectivity index is 1.61. The summed E-state index contributed by atoms with van der Waals surface area (Å²) in [6.45, 7) is 2.65. The third-order valence-electron chi connectivity index (χ3n) is 5.07. The highest BCUT2D eigenvalue weighted by Gasteiger charge is 2.40. The average molecular weight is 287 g/mol. The summed E-state index contributed by atoms with van der Waals surface area (Å²) < 4.78 is 5.56. The molecule has 0 N–H and O–H groups in total. The third-order valence-corrected chi connectivity index (χ3v) is 5.07. The van der Waals surface area contributed by atoms with Crippen molar-refractivity contribution in [1.29, 1.82) is 0 Å². The van der Waals surface area contributed by atoms with Gasteiger partial charge >= 0.3 is 6.09 Å². The van der Waals surface area contributed by atoms with Crippen molar-refractivity contribution in [3.8, 4) is 0 Å². The third kappa shape index (κ3) is 3.22. The summed E-state index contributed by atoms with van der Waals surface area (Å²) in [6, 6.07) is 10.7. The fourth-order valence-corrected chi connectivity index (χ4v) is 3.92. The Morgan fingerprint density at radius 1 is 1.19 bits per heavy atom. The molecule has 2 unspecified atom stereocenters. The van der Waals surface area contributed by atoms with E-state index in [-0.39, 0.29) is 6.09 Å². The van der Waals surface area contributed by atoms with Gasteiger partial charge in [0.2, 0.25) is 0 Å². The summed E-state index contributed by atoms with van der Waals surface area (Å²) >= 11 is 0. The molecule has 0 radical (unpaired) electrons. The van der Waals surface area contributed by atoms with Gasteiger partial charge in [-0.2, -0.15) is 0 Å². The zero-order chi connectivity index (χ0) is 14.7. The molecule has 2 saturated heterocycles. The molecule has 3 nitrogen and oxygen atoms in total. The molecule has 1 amide bonds. The standard InChI is InChI=1S/C18H25NO2/c1-2-14-11-16-9-6-10-17(12-14)19(16)18(20)21-13-15-7-4-3-5-8-15/h3-5,7-8,14,16-17H,2,6,9-13H2,1H3. The lowest BCUT2D eigenvalue weighted by Crippen LogP contribution is -2.54. The fraction of sp³-hybridized carbons (Fsp3) is 0.611. The summed E-state index contributed by atoms with van der Waals surface area (Å²) in [5.41, 5.74) is 1.06. The Bertz CT molecular complexity index is 459. The fourth-order valence-electron chi connectivity index (χ4n) is 3.92. The molecule has 0 aliphatic carbocycles. The molecule has 0 spiro atoms. The first-order chi connectivity index (χ1) is 10.3. The highest BCUT2D eigenvalue weighted by Crippen LogP contribution is 2.38. The SMILES string of the molecule is CCC1CC2CCCC(C1)N2C(=O)OCc1ccccc1. The van der Waals surface area contributed by atoms with Crippen LogP contribution in [-0.4, -0.2) is 23.1 Å². The van der Waals surface area contributed by atoms with Crippen molar-refractivity contribution in [1.82, 2.24) is 4.90 Å². The Hall–Kier alpha value is -1.51. The second-order valence-electron chi connectivity index (χ2n) is 6.43. The van der Waals surface area contributed by atoms with Gasteiger partial charge in [0.1, 0.15) is 6.61 Å². The van der Waals surface area contributed by atoms with Crippen molar-refractivity contribution < 1.29 is 9.53 Å². The summed E-state index contributed by atoms with van der Waals surface area (Å²) in [4.78, 5) is 14.5. The van der Waals surface area contributed by atoms with Gasteiger partial charge in [0, 0.05) is 12.1 Å². The molecule has 21 heavy (non-hydrogen) atoms. The maximum atomic E-state index is 12.5. The monoisotopic (exact) mass is 287 g/mol. The molecule has 2 fully saturated rings. The molecule has 1 aromatic carbocycles. The van der Waals surface area contributed by atoms with Gasteiger partial charge in [-0.1, -0.05) is 43.7 Å². The molecule has 2 heterocycles. The minimum absolute atomic E-state index is 0.108. The Morgan fingerprint density at radius 3 is 2.48 bits per heavy atom. The number of carbonyl (C=O) groups is 1. The summed E-state index contributed by atoms with van der Waals surface area (Å²) in [5, 5.41) is 0. The number of rotatable bonds is 3. The van der Waals surface area contributed by atoms with Crippen LogP contribution < -0.4 is 0 Å². The van der Waals surface area contributed by atoms with Crippen LogP contribution in [0.2, 0.25) is 0 Å². The highest BCUT2D eigenvalue weighted by molar-refractivity contribution is 5.69. The Kier molecular flexibility index (Phi) is 4.47. The molecular weight excluding hydrogens is 262 g/mol. The van der Waals surface area contributed by atoms with E-state index in [4.69, 9.17) is 4.74 Å². The van der Waals surface area contributed by atoms with E-state index in [2.05, 4.69) is 11.8 Å². The molecule has 114 valence electrons. The predicted octanol–water partition coefficient (Wildman–Crippen LogP) is 4.37. The summed E-state index contributed by atoms with van der Waals surface area (Å²) in [7, 11) is 0. The van der Waals surface area contributed by atoms with Gasteiger partial charge in [0.15, 0.2) is 0 Å². The lowest BCUT2D eigenvalue weighted by molar-refractivity contribution is 0.00264. The molecular formula is C18H25NO2. The van der Waals surface area contributed by atoms with Crippen LogP contribution in [0.25, 0.3) is 0 Å². The van der Waals surface area contributed by atoms with E-state index in [1.165, 1.54) is 12.8 Å². The number of fused-ring (bicyclic) bond motifs is 2. The minimum Gasteiger partial charge on any atom is -0.445 e. The number of benzene rings is 1. The predicted molar refractivity (Wildman–Crippen MR) is 82.9 cm³/mol. The van der Waals surface area contributed by atoms with Crippen LogP contribution in [0.15, 0.2) is 30.3 Å². The van der Waals surface area contributed by atoms with Crippen molar-refractivity contribution >= 4 is 6.09 Å². The van der Waals surface area contributed by atoms with Gasteiger partial charge in [-0.25, -0.2) is 4.79 Å². The summed E-state index contributed by atoms with van der Waals surface area (Å²) in [6.07, 6.45) is 7.00. The first-order valence-electron chi connectivity index (χ1n) is 8.27. The molecule has 3 heteroatoms. The van der Waals surface area contributed by atoms with Crippen LogP contribution in [0.3, 0.4) is 0 Å². The van der Waals surface area contributed by atoms with Crippen molar-refractivity contribution in [3.05, 3.63) is 35.9 Å². The normalized spacial score (nSPS) is 28.2. The van der Waals surface area contributed by atoms with Gasteiger partial charge in [-0.05, 0) is 43.6 Å². The van der Waals surface area contributed by atoms with Crippen molar-refractivity contribution in [2.24, 2.45) is 5.92 Å². The van der Waals surface area contributed by atoms with Gasteiger partial charge in [0.05, 0.1) is 0 Å². The highest BCUT2D eigenvalue weighted by atomic mass is 16.6. The number of hydrogen-bond acceptors (Lipinski definition) is 2. The molecule has 3 rings (SSSR count). The second kappa shape index (κ2) is 6.50. The van der Waals surface area contributed by atoms with Crippen LogP contribution >= 0.6 is 0 Å². The molecule has 0 aromatic heterocycles. The molecule has 2 aliphatic heterocycles. The molecule has 0 saturated carbocycles. The first kappa shape index (κ1) is 14.4. The second-order valence-corrected chi connectivity index (χ2v) is 6.43. The molecule has 1 aromatic rings. The van der Waals surface area contributed by atoms with E-state index in [1.54, 1.807) is 0 Å². The number of nitrogens with zero attached hydrogens (tertiary/aromatic N) is 1. The van der Waals surface area contributed by atoms with Crippen molar-refractivity contribution in [2.75, 3.05) is 0 Å². The number of piperidine rings is 2. The van der Waals surface area contributed by atoms with Gasteiger partial charge in [-0.3, -0.25) is 0 Å². The Labute approximate surface area is 127 Å². The van der Waals surface area contributed by atoms with Crippen LogP contribution in [-0.2, 0) is 11.3 Å². The molecule has 2 atom stereocenters. The van der Waals surface area contributed by atoms with Crippen molar-refractivity contribution in [3.63, 3.8) is 0 Å². The smallest absolute Gasteiger partial charge is 0.410 e. The lowest BCUT2D eigenvalue weighted by Gasteiger charge is -2.48. The maximum absolute atomic E-state index is 12.5. The topological polar surface area (TPSA) is 29.5 Å². The van der Waals surface area contributed by atoms with E-state index in [1.807, 2.05) is 30.3 Å². The van der Waals surface area contributed by atoms with Crippen molar-refractivity contribution in [2.45, 2.75) is 64.1 Å². The number of hydrogen-bond donors (Lipinski definition) is 0. The van der Waals surface area contributed by atoms with E-state index in [0.717, 1.165) is 37.2 Å². The van der Waals surface area contributed by atoms with Gasteiger partial charge in [0.25, 0.3) is 0 Å².